The van der Waals surface area contributed by atoms with Crippen LogP contribution in [0.2, 0.25) is 0 Å². The van der Waals surface area contributed by atoms with Crippen molar-refractivity contribution in [1.29, 1.82) is 0 Å². The predicted octanol–water partition coefficient (Wildman–Crippen LogP) is 3.15. The topological polar surface area (TPSA) is 124 Å². The van der Waals surface area contributed by atoms with E-state index in [1.54, 1.807) is 25.3 Å². The number of rotatable bonds is 10. The van der Waals surface area contributed by atoms with Gasteiger partial charge in [-0.2, -0.15) is 10.2 Å². The van der Waals surface area contributed by atoms with Gasteiger partial charge in [0.05, 0.1) is 38.3 Å². The number of aliphatic hydroxyl groups excluding tert-OH is 1. The zero-order chi connectivity index (χ0) is 23.8. The Morgan fingerprint density at radius 3 is 2.73 bits per heavy atom. The minimum absolute atomic E-state index is 0.0331. The number of nitrogens with zero attached hydrogens (tertiary/aromatic N) is 3. The predicted molar refractivity (Wildman–Crippen MR) is 126 cm³/mol. The third-order valence-corrected chi connectivity index (χ3v) is 5.13. The zero-order valence-corrected chi connectivity index (χ0v) is 18.9. The monoisotopic (exact) mass is 451 g/mol. The maximum Gasteiger partial charge on any atom is 0.276 e. The van der Waals surface area contributed by atoms with Crippen LogP contribution in [0.25, 0.3) is 0 Å². The Labute approximate surface area is 192 Å². The number of carbonyl (C=O) groups is 1. The molecular weight excluding hydrogens is 422 g/mol. The second kappa shape index (κ2) is 11.1. The lowest BCUT2D eigenvalue weighted by Crippen LogP contribution is -2.19. The van der Waals surface area contributed by atoms with E-state index < -0.39 is 12.0 Å². The lowest BCUT2D eigenvalue weighted by Gasteiger charge is -2.15. The molecule has 0 radical (unpaired) electrons. The summed E-state index contributed by atoms with van der Waals surface area (Å²) in [5.74, 6) is 0.860. The highest BCUT2D eigenvalue weighted by atomic mass is 16.5. The van der Waals surface area contributed by atoms with E-state index in [2.05, 4.69) is 15.6 Å². The van der Waals surface area contributed by atoms with Gasteiger partial charge in [-0.25, -0.2) is 10.1 Å². The molecule has 3 aromatic rings. The molecule has 2 atom stereocenters. The molecule has 0 saturated heterocycles. The van der Waals surface area contributed by atoms with Crippen LogP contribution in [0.15, 0.2) is 59.8 Å². The Bertz CT molecular complexity index is 1100. The van der Waals surface area contributed by atoms with E-state index >= 15 is 0 Å². The Kier molecular flexibility index (Phi) is 8.04. The van der Waals surface area contributed by atoms with Gasteiger partial charge in [-0.05, 0) is 42.7 Å². The van der Waals surface area contributed by atoms with E-state index in [0.717, 1.165) is 17.5 Å². The van der Waals surface area contributed by atoms with Gasteiger partial charge in [-0.3, -0.25) is 4.79 Å². The first-order valence-electron chi connectivity index (χ1n) is 10.6. The van der Waals surface area contributed by atoms with Crippen LogP contribution < -0.4 is 20.6 Å². The fraction of sp³-hybridized carbons (Fsp3) is 0.292. The van der Waals surface area contributed by atoms with Crippen LogP contribution in [0.5, 0.6) is 11.5 Å². The number of methoxy groups -OCH3 is 1. The summed E-state index contributed by atoms with van der Waals surface area (Å²) in [7, 11) is 1.58. The van der Waals surface area contributed by atoms with Crippen molar-refractivity contribution in [3.05, 3.63) is 71.4 Å². The highest BCUT2D eigenvalue weighted by molar-refractivity contribution is 5.98. The smallest absolute Gasteiger partial charge is 0.276 e. The number of nitrogens with two attached hydrogens (primary N) is 1. The molecule has 9 heteroatoms. The van der Waals surface area contributed by atoms with Crippen molar-refractivity contribution in [2.75, 3.05) is 12.8 Å². The molecule has 2 unspecified atom stereocenters. The third kappa shape index (κ3) is 6.11. The average Bonchev–Trinajstić information content (AvgIpc) is 3.19. The molecule has 0 bridgehead atoms. The first-order chi connectivity index (χ1) is 15.9. The lowest BCUT2D eigenvalue weighted by atomic mass is 10.1. The number of aliphatic hydroxyl groups is 1. The summed E-state index contributed by atoms with van der Waals surface area (Å²) in [6.45, 7) is 4.13. The van der Waals surface area contributed by atoms with Crippen LogP contribution in [-0.4, -0.2) is 40.2 Å². The number of carbonyl (C=O) groups excluding carboxylic acids is 1. The molecule has 2 aromatic carbocycles. The van der Waals surface area contributed by atoms with Crippen LogP contribution in [0.3, 0.4) is 0 Å². The molecule has 1 heterocycles. The molecule has 33 heavy (non-hydrogen) atoms. The van der Waals surface area contributed by atoms with Crippen molar-refractivity contribution in [3.8, 4) is 11.5 Å². The standard InChI is InChI=1S/C24H29N5O4/c1-4-16(2)33-22-12-17(10-11-21(22)32-3)13-26-28-24(31)19-14-27-29(23(19)25)15-20(30)18-8-6-5-7-9-18/h5-14,16,20,30H,4,15,25H2,1-3H3,(H,28,31)/b26-13+. The highest BCUT2D eigenvalue weighted by Gasteiger charge is 2.17. The normalized spacial score (nSPS) is 13.0. The summed E-state index contributed by atoms with van der Waals surface area (Å²) < 4.78 is 12.6. The molecule has 0 fully saturated rings. The van der Waals surface area contributed by atoms with Crippen molar-refractivity contribution in [2.45, 2.75) is 39.0 Å². The minimum Gasteiger partial charge on any atom is -0.493 e. The molecule has 0 aliphatic carbocycles. The van der Waals surface area contributed by atoms with E-state index in [1.165, 1.54) is 17.1 Å². The summed E-state index contributed by atoms with van der Waals surface area (Å²) in [5, 5.41) is 18.5. The van der Waals surface area contributed by atoms with Crippen LogP contribution in [-0.2, 0) is 6.54 Å². The number of amides is 1. The van der Waals surface area contributed by atoms with Gasteiger partial charge < -0.3 is 20.3 Å². The number of nitrogens with one attached hydrogen (secondary N) is 1. The summed E-state index contributed by atoms with van der Waals surface area (Å²) in [4.78, 5) is 12.5. The van der Waals surface area contributed by atoms with Gasteiger partial charge in [0.1, 0.15) is 11.4 Å². The largest absolute Gasteiger partial charge is 0.493 e. The Hall–Kier alpha value is -3.85. The molecule has 1 amide bonds. The van der Waals surface area contributed by atoms with Crippen molar-refractivity contribution in [2.24, 2.45) is 5.10 Å². The number of ether oxygens (including phenoxy) is 2. The van der Waals surface area contributed by atoms with E-state index in [4.69, 9.17) is 15.2 Å². The highest BCUT2D eigenvalue weighted by Crippen LogP contribution is 2.29. The molecule has 0 aliphatic heterocycles. The first-order valence-corrected chi connectivity index (χ1v) is 10.6. The van der Waals surface area contributed by atoms with Gasteiger partial charge in [0.15, 0.2) is 11.5 Å². The summed E-state index contributed by atoms with van der Waals surface area (Å²) >= 11 is 0. The Morgan fingerprint density at radius 1 is 1.27 bits per heavy atom. The van der Waals surface area contributed by atoms with Crippen molar-refractivity contribution in [3.63, 3.8) is 0 Å². The summed E-state index contributed by atoms with van der Waals surface area (Å²) in [6.07, 6.45) is 2.94. The molecule has 4 N–H and O–H groups in total. The quantitative estimate of drug-likeness (QED) is 0.321. The van der Waals surface area contributed by atoms with Crippen molar-refractivity contribution in [1.82, 2.24) is 15.2 Å². The number of nitrogen functional groups attached to an aromatic ring is 1. The van der Waals surface area contributed by atoms with Gasteiger partial charge >= 0.3 is 0 Å². The molecule has 1 aromatic heterocycles. The molecule has 0 spiro atoms. The fourth-order valence-electron chi connectivity index (χ4n) is 3.05. The third-order valence-electron chi connectivity index (χ3n) is 5.13. The number of aromatic nitrogens is 2. The van der Waals surface area contributed by atoms with Crippen LogP contribution in [0.1, 0.15) is 47.9 Å². The van der Waals surface area contributed by atoms with Crippen LogP contribution in [0, 0.1) is 0 Å². The molecule has 0 saturated carbocycles. The van der Waals surface area contributed by atoms with Crippen molar-refractivity contribution >= 4 is 17.9 Å². The maximum atomic E-state index is 12.5. The lowest BCUT2D eigenvalue weighted by molar-refractivity contribution is 0.0955. The molecule has 174 valence electrons. The number of anilines is 1. The average molecular weight is 452 g/mol. The minimum atomic E-state index is -0.802. The Morgan fingerprint density at radius 2 is 2.03 bits per heavy atom. The number of hydrazone groups is 1. The van der Waals surface area contributed by atoms with Gasteiger partial charge in [0.2, 0.25) is 0 Å². The fourth-order valence-corrected chi connectivity index (χ4v) is 3.05. The summed E-state index contributed by atoms with van der Waals surface area (Å²) in [5.41, 5.74) is 10.2. The number of hydrogen-bond donors (Lipinski definition) is 3. The van der Waals surface area contributed by atoms with Gasteiger partial charge in [0.25, 0.3) is 5.91 Å². The first kappa shape index (κ1) is 23.8. The molecular formula is C24H29N5O4. The Balaban J connectivity index is 1.64. The van der Waals surface area contributed by atoms with Crippen LogP contribution >= 0.6 is 0 Å². The maximum absolute atomic E-state index is 12.5. The molecule has 9 nitrogen and oxygen atoms in total. The second-order valence-electron chi connectivity index (χ2n) is 7.50. The van der Waals surface area contributed by atoms with E-state index in [0.29, 0.717) is 11.5 Å². The SMILES string of the molecule is CCC(C)Oc1cc(/C=N/NC(=O)c2cnn(CC(O)c3ccccc3)c2N)ccc1OC. The number of benzene rings is 2. The van der Waals surface area contributed by atoms with Crippen LogP contribution in [0.4, 0.5) is 5.82 Å². The molecule has 0 aliphatic rings. The number of hydrogen-bond acceptors (Lipinski definition) is 7. The van der Waals surface area contributed by atoms with E-state index in [9.17, 15) is 9.90 Å². The van der Waals surface area contributed by atoms with Gasteiger partial charge in [-0.1, -0.05) is 37.3 Å². The van der Waals surface area contributed by atoms with E-state index in [1.807, 2.05) is 44.2 Å². The second-order valence-corrected chi connectivity index (χ2v) is 7.50. The van der Waals surface area contributed by atoms with Crippen molar-refractivity contribution < 1.29 is 19.4 Å². The van der Waals surface area contributed by atoms with Gasteiger partial charge in [-0.15, -0.1) is 0 Å². The zero-order valence-electron chi connectivity index (χ0n) is 18.9. The molecule has 3 rings (SSSR count). The van der Waals surface area contributed by atoms with E-state index in [-0.39, 0.29) is 24.0 Å². The van der Waals surface area contributed by atoms with Gasteiger partial charge in [0, 0.05) is 0 Å². The summed E-state index contributed by atoms with van der Waals surface area (Å²) in [6, 6.07) is 14.5.